The molecule has 2 aromatic rings. The van der Waals surface area contributed by atoms with Crippen LogP contribution in [0.4, 0.5) is 11.4 Å². The van der Waals surface area contributed by atoms with Crippen molar-refractivity contribution in [2.45, 2.75) is 45.4 Å². The molecule has 0 radical (unpaired) electrons. The third-order valence-electron chi connectivity index (χ3n) is 5.04. The Morgan fingerprint density at radius 2 is 2.08 bits per heavy atom. The zero-order chi connectivity index (χ0) is 17.1. The van der Waals surface area contributed by atoms with Crippen LogP contribution in [0.1, 0.15) is 56.6 Å². The average molecular weight is 318 g/mol. The molecule has 1 heterocycles. The smallest absolute Gasteiger partial charge is 0.0670 e. The molecule has 2 atom stereocenters. The highest BCUT2D eigenvalue weighted by Crippen LogP contribution is 2.41. The molecule has 0 aromatic heterocycles. The summed E-state index contributed by atoms with van der Waals surface area (Å²) in [7, 11) is 0. The quantitative estimate of drug-likeness (QED) is 0.635. The minimum absolute atomic E-state index is 0.469. The van der Waals surface area contributed by atoms with Crippen molar-refractivity contribution in [3.05, 3.63) is 60.3 Å². The topological polar surface area (TPSA) is 24.4 Å². The van der Waals surface area contributed by atoms with Crippen molar-refractivity contribution >= 4 is 17.6 Å². The first-order chi connectivity index (χ1) is 11.7. The summed E-state index contributed by atoms with van der Waals surface area (Å²) in [4.78, 5) is 4.63. The summed E-state index contributed by atoms with van der Waals surface area (Å²) >= 11 is 0. The highest BCUT2D eigenvalue weighted by atomic mass is 14.8. The van der Waals surface area contributed by atoms with Gasteiger partial charge in [-0.1, -0.05) is 51.6 Å². The van der Waals surface area contributed by atoms with E-state index in [0.29, 0.717) is 11.8 Å². The first-order valence-corrected chi connectivity index (χ1v) is 8.88. The van der Waals surface area contributed by atoms with Crippen LogP contribution in [-0.4, -0.2) is 6.21 Å². The van der Waals surface area contributed by atoms with Gasteiger partial charge >= 0.3 is 0 Å². The number of benzene rings is 2. The molecule has 2 nitrogen and oxygen atoms in total. The lowest BCUT2D eigenvalue weighted by Crippen LogP contribution is -2.01. The number of hydrogen-bond acceptors (Lipinski definition) is 2. The van der Waals surface area contributed by atoms with E-state index in [9.17, 15) is 0 Å². The van der Waals surface area contributed by atoms with Gasteiger partial charge in [-0.3, -0.25) is 4.99 Å². The summed E-state index contributed by atoms with van der Waals surface area (Å²) in [6, 6.07) is 13.2. The van der Waals surface area contributed by atoms with Gasteiger partial charge < -0.3 is 5.32 Å². The standard InChI is InChI=1S/C22H26N2/c1-5-15(4)22-19(9-8-10-20(22)23-7-3)17-11-12-18-16(6-2)14-24-21(18)13-17/h7-16,23H,3,5-6H2,1-2,4H3. The molecule has 24 heavy (non-hydrogen) atoms. The summed E-state index contributed by atoms with van der Waals surface area (Å²) in [6.45, 7) is 10.6. The molecule has 3 rings (SSSR count). The molecule has 0 spiro atoms. The van der Waals surface area contributed by atoms with Crippen molar-refractivity contribution in [2.75, 3.05) is 5.32 Å². The van der Waals surface area contributed by atoms with Gasteiger partial charge in [-0.05, 0) is 59.3 Å². The molecular weight excluding hydrogens is 292 g/mol. The van der Waals surface area contributed by atoms with Crippen LogP contribution in [0.3, 0.4) is 0 Å². The zero-order valence-corrected chi connectivity index (χ0v) is 14.8. The molecule has 0 fully saturated rings. The number of aliphatic imine (C=N–C) groups is 1. The number of nitrogens with zero attached hydrogens (tertiary/aromatic N) is 1. The largest absolute Gasteiger partial charge is 0.362 e. The molecule has 0 bridgehead atoms. The summed E-state index contributed by atoms with van der Waals surface area (Å²) in [5.74, 6) is 0.945. The minimum atomic E-state index is 0.469. The Bertz CT molecular complexity index is 774. The third kappa shape index (κ3) is 2.89. The van der Waals surface area contributed by atoms with Gasteiger partial charge in [-0.15, -0.1) is 0 Å². The number of hydrogen-bond donors (Lipinski definition) is 1. The van der Waals surface area contributed by atoms with Crippen LogP contribution < -0.4 is 5.32 Å². The molecule has 1 N–H and O–H groups in total. The first-order valence-electron chi connectivity index (χ1n) is 8.88. The SMILES string of the molecule is C=CNc1cccc(-c2ccc3c(c2)N=CC3CC)c1C(C)CC. The van der Waals surface area contributed by atoms with Crippen molar-refractivity contribution < 1.29 is 0 Å². The summed E-state index contributed by atoms with van der Waals surface area (Å²) in [5, 5.41) is 3.30. The van der Waals surface area contributed by atoms with Crippen LogP contribution in [0.25, 0.3) is 11.1 Å². The van der Waals surface area contributed by atoms with E-state index in [0.717, 1.165) is 24.2 Å². The fourth-order valence-corrected chi connectivity index (χ4v) is 3.50. The number of fused-ring (bicyclic) bond motifs is 1. The maximum absolute atomic E-state index is 4.63. The van der Waals surface area contributed by atoms with E-state index < -0.39 is 0 Å². The molecule has 124 valence electrons. The molecule has 0 aliphatic carbocycles. The Kier molecular flexibility index (Phi) is 4.84. The maximum Gasteiger partial charge on any atom is 0.0670 e. The second-order valence-corrected chi connectivity index (χ2v) is 6.49. The van der Waals surface area contributed by atoms with E-state index >= 15 is 0 Å². The fourth-order valence-electron chi connectivity index (χ4n) is 3.50. The second-order valence-electron chi connectivity index (χ2n) is 6.49. The summed E-state index contributed by atoms with van der Waals surface area (Å²) < 4.78 is 0. The van der Waals surface area contributed by atoms with Gasteiger partial charge in [0.15, 0.2) is 0 Å². The van der Waals surface area contributed by atoms with Gasteiger partial charge in [0.1, 0.15) is 0 Å². The molecule has 2 heteroatoms. The van der Waals surface area contributed by atoms with Crippen LogP contribution in [-0.2, 0) is 0 Å². The molecule has 2 aromatic carbocycles. The molecule has 2 unspecified atom stereocenters. The lowest BCUT2D eigenvalue weighted by Gasteiger charge is -2.20. The van der Waals surface area contributed by atoms with Crippen LogP contribution in [0.5, 0.6) is 0 Å². The van der Waals surface area contributed by atoms with Crippen LogP contribution in [0.15, 0.2) is 54.2 Å². The summed E-state index contributed by atoms with van der Waals surface area (Å²) in [6.07, 6.45) is 6.04. The van der Waals surface area contributed by atoms with E-state index in [-0.39, 0.29) is 0 Å². The molecule has 0 saturated heterocycles. The van der Waals surface area contributed by atoms with Crippen LogP contribution in [0, 0.1) is 0 Å². The van der Waals surface area contributed by atoms with Crippen molar-refractivity contribution in [2.24, 2.45) is 4.99 Å². The van der Waals surface area contributed by atoms with Crippen molar-refractivity contribution in [3.63, 3.8) is 0 Å². The Morgan fingerprint density at radius 3 is 2.79 bits per heavy atom. The fraction of sp³-hybridized carbons (Fsp3) is 0.318. The van der Waals surface area contributed by atoms with Gasteiger partial charge in [0.05, 0.1) is 5.69 Å². The molecule has 1 aliphatic rings. The molecular formula is C22H26N2. The third-order valence-corrected chi connectivity index (χ3v) is 5.04. The number of anilines is 1. The Balaban J connectivity index is 2.11. The van der Waals surface area contributed by atoms with E-state index in [1.165, 1.54) is 22.3 Å². The zero-order valence-electron chi connectivity index (χ0n) is 14.8. The van der Waals surface area contributed by atoms with E-state index in [1.54, 1.807) is 6.20 Å². The van der Waals surface area contributed by atoms with Crippen molar-refractivity contribution in [1.82, 2.24) is 0 Å². The second kappa shape index (κ2) is 7.04. The van der Waals surface area contributed by atoms with Crippen LogP contribution in [0.2, 0.25) is 0 Å². The molecule has 0 saturated carbocycles. The average Bonchev–Trinajstić information content (AvgIpc) is 3.03. The normalized spacial score (nSPS) is 16.7. The van der Waals surface area contributed by atoms with E-state index in [4.69, 9.17) is 0 Å². The van der Waals surface area contributed by atoms with Crippen molar-refractivity contribution in [1.29, 1.82) is 0 Å². The van der Waals surface area contributed by atoms with E-state index in [2.05, 4.69) is 80.3 Å². The Morgan fingerprint density at radius 1 is 1.25 bits per heavy atom. The monoisotopic (exact) mass is 318 g/mol. The number of rotatable bonds is 6. The maximum atomic E-state index is 4.63. The Labute approximate surface area is 145 Å². The lowest BCUT2D eigenvalue weighted by atomic mass is 9.87. The van der Waals surface area contributed by atoms with Gasteiger partial charge in [0, 0.05) is 17.8 Å². The molecule has 0 amide bonds. The highest BCUT2D eigenvalue weighted by molar-refractivity contribution is 5.84. The van der Waals surface area contributed by atoms with Gasteiger partial charge in [-0.2, -0.15) is 0 Å². The first kappa shape index (κ1) is 16.5. The number of nitrogens with one attached hydrogen (secondary N) is 1. The Hall–Kier alpha value is -2.35. The minimum Gasteiger partial charge on any atom is -0.362 e. The summed E-state index contributed by atoms with van der Waals surface area (Å²) in [5.41, 5.74) is 7.50. The van der Waals surface area contributed by atoms with E-state index in [1.807, 2.05) is 0 Å². The lowest BCUT2D eigenvalue weighted by molar-refractivity contribution is 0.737. The van der Waals surface area contributed by atoms with Gasteiger partial charge in [0.2, 0.25) is 0 Å². The van der Waals surface area contributed by atoms with Gasteiger partial charge in [0.25, 0.3) is 0 Å². The predicted octanol–water partition coefficient (Wildman–Crippen LogP) is 6.63. The molecule has 1 aliphatic heterocycles. The predicted molar refractivity (Wildman–Crippen MR) is 106 cm³/mol. The highest BCUT2D eigenvalue weighted by Gasteiger charge is 2.20. The van der Waals surface area contributed by atoms with Crippen molar-refractivity contribution in [3.8, 4) is 11.1 Å². The van der Waals surface area contributed by atoms with Crippen LogP contribution >= 0.6 is 0 Å². The van der Waals surface area contributed by atoms with Gasteiger partial charge in [-0.25, -0.2) is 0 Å².